The Morgan fingerprint density at radius 1 is 0.127 bits per heavy atom. The summed E-state index contributed by atoms with van der Waals surface area (Å²) in [5, 5.41) is 15.4. The van der Waals surface area contributed by atoms with E-state index in [0.29, 0.717) is 11.6 Å². The Kier molecular flexibility index (Phi) is 17.1. The van der Waals surface area contributed by atoms with E-state index in [2.05, 4.69) is 400 Å². The van der Waals surface area contributed by atoms with E-state index in [-0.39, 0.29) is 0 Å². The SMILES string of the molecule is c1ccc2c(c1)sc1ccc(-c3ccc(-c4cc(-c5ccc(-c6ccc7sc8ccccc8c7c6)cc5)nc(-c5ccc(-c6ccc7sc8cc(-c9cc(-c%10ccc(-c%11cc(-c%12ccc(-c%13cccc%14c%13sc%13ccccc%13%14)cc%12)nc(-c%12ccc(-c%13cccc%14c%13sc%13ccccc%13%14)cc%12)n%11)cc%10)c%10sc%11ccccc%11c%10c9)ccc8c7c6)cc5)n4)cc3)cc12. The number of hydrogen-bond donors (Lipinski definition) is 0. The molecule has 0 saturated carbocycles. The van der Waals surface area contributed by atoms with Crippen molar-refractivity contribution in [1.82, 2.24) is 19.9 Å². The van der Waals surface area contributed by atoms with Crippen molar-refractivity contribution in [2.24, 2.45) is 0 Å². The largest absolute Gasteiger partial charge is 0.228 e. The summed E-state index contributed by atoms with van der Waals surface area (Å²) in [5.41, 5.74) is 26.0. The van der Waals surface area contributed by atoms with Gasteiger partial charge in [-0.25, -0.2) is 19.9 Å². The fourth-order valence-electron chi connectivity index (χ4n) is 18.8. The van der Waals surface area contributed by atoms with Crippen LogP contribution in [0.4, 0.5) is 0 Å². The Bertz CT molecular complexity index is 8580. The van der Waals surface area contributed by atoms with Gasteiger partial charge in [0.25, 0.3) is 0 Å². The van der Waals surface area contributed by atoms with E-state index in [0.717, 1.165) is 89.5 Å². The maximum atomic E-state index is 5.45. The Balaban J connectivity index is 0.518. The van der Waals surface area contributed by atoms with Crippen molar-refractivity contribution < 1.29 is 0 Å². The lowest BCUT2D eigenvalue weighted by Gasteiger charge is -2.12. The third-order valence-corrected chi connectivity index (χ3v) is 32.3. The predicted octanol–water partition coefficient (Wildman–Crippen LogP) is 35.1. The molecule has 586 valence electrons. The number of hydrogen-bond acceptors (Lipinski definition) is 10. The highest BCUT2D eigenvalue weighted by Gasteiger charge is 2.22. The number of benzene rings is 18. The molecule has 0 spiro atoms. The van der Waals surface area contributed by atoms with Crippen molar-refractivity contribution in [2.75, 3.05) is 0 Å². The molecule has 0 fully saturated rings. The molecule has 0 unspecified atom stereocenters. The molecule has 26 aromatic rings. The molecule has 0 saturated heterocycles. The smallest absolute Gasteiger partial charge is 0.160 e. The summed E-state index contributed by atoms with van der Waals surface area (Å²) in [7, 11) is 0. The van der Waals surface area contributed by atoms with Gasteiger partial charge < -0.3 is 0 Å². The molecule has 0 aliphatic carbocycles. The fraction of sp³-hybridized carbons (Fsp3) is 0. The first-order chi connectivity index (χ1) is 62.3. The molecule has 26 rings (SSSR count). The highest BCUT2D eigenvalue weighted by molar-refractivity contribution is 7.28. The molecule has 0 aliphatic heterocycles. The third kappa shape index (κ3) is 12.5. The van der Waals surface area contributed by atoms with Gasteiger partial charge in [0, 0.05) is 160 Å². The van der Waals surface area contributed by atoms with Gasteiger partial charge in [-0.1, -0.05) is 303 Å². The fourth-order valence-corrected chi connectivity index (χ4v) is 25.8. The van der Waals surface area contributed by atoms with Crippen molar-refractivity contribution in [3.63, 3.8) is 0 Å². The monoisotopic (exact) mass is 1710 g/mol. The minimum absolute atomic E-state index is 0.674. The van der Waals surface area contributed by atoms with Crippen molar-refractivity contribution in [1.29, 1.82) is 0 Å². The number of rotatable bonds is 13. The summed E-state index contributed by atoms with van der Waals surface area (Å²) >= 11 is 11.1. The summed E-state index contributed by atoms with van der Waals surface area (Å²) in [6.07, 6.45) is 0. The zero-order valence-electron chi connectivity index (χ0n) is 67.3. The average Bonchev–Trinajstić information content (AvgIpc) is 1.59. The van der Waals surface area contributed by atoms with Gasteiger partial charge in [0.1, 0.15) is 0 Å². The molecule has 0 amide bonds. The van der Waals surface area contributed by atoms with E-state index in [4.69, 9.17) is 19.9 Å². The lowest BCUT2D eigenvalue weighted by atomic mass is 9.94. The van der Waals surface area contributed by atoms with Gasteiger partial charge in [-0.05, 0) is 169 Å². The van der Waals surface area contributed by atoms with E-state index in [9.17, 15) is 0 Å². The van der Waals surface area contributed by atoms with Crippen molar-refractivity contribution in [3.8, 4) is 146 Å². The van der Waals surface area contributed by atoms with Crippen molar-refractivity contribution in [2.45, 2.75) is 0 Å². The summed E-state index contributed by atoms with van der Waals surface area (Å²) in [6.45, 7) is 0. The highest BCUT2D eigenvalue weighted by Crippen LogP contribution is 2.49. The molecule has 126 heavy (non-hydrogen) atoms. The van der Waals surface area contributed by atoms with Crippen LogP contribution in [0.1, 0.15) is 0 Å². The van der Waals surface area contributed by atoms with Gasteiger partial charge in [0.05, 0.1) is 22.8 Å². The van der Waals surface area contributed by atoms with Crippen LogP contribution in [0.15, 0.2) is 400 Å². The molecule has 0 bridgehead atoms. The predicted molar refractivity (Wildman–Crippen MR) is 546 cm³/mol. The molecule has 0 atom stereocenters. The minimum Gasteiger partial charge on any atom is -0.228 e. The van der Waals surface area contributed by atoms with E-state index < -0.39 is 0 Å². The van der Waals surface area contributed by atoms with Crippen LogP contribution < -0.4 is 0 Å². The second-order valence-corrected chi connectivity index (χ2v) is 39.0. The van der Waals surface area contributed by atoms with Crippen LogP contribution in [0.2, 0.25) is 0 Å². The second kappa shape index (κ2) is 29.6. The normalized spacial score (nSPS) is 12.0. The zero-order chi connectivity index (χ0) is 82.6. The van der Waals surface area contributed by atoms with Gasteiger partial charge in [-0.15, -0.1) is 68.0 Å². The molecule has 10 heteroatoms. The Hall–Kier alpha value is -14.6. The second-order valence-electron chi connectivity index (χ2n) is 32.6. The molecule has 0 N–H and O–H groups in total. The summed E-state index contributed by atoms with van der Waals surface area (Å²) in [5.74, 6) is 1.35. The molecule has 0 aliphatic rings. The zero-order valence-corrected chi connectivity index (χ0v) is 72.2. The maximum absolute atomic E-state index is 5.45. The lowest BCUT2D eigenvalue weighted by molar-refractivity contribution is 1.18. The molecule has 8 heterocycles. The lowest BCUT2D eigenvalue weighted by Crippen LogP contribution is -1.96. The van der Waals surface area contributed by atoms with Gasteiger partial charge in [0.15, 0.2) is 11.6 Å². The van der Waals surface area contributed by atoms with Gasteiger partial charge in [-0.3, -0.25) is 0 Å². The highest BCUT2D eigenvalue weighted by atomic mass is 32.1. The van der Waals surface area contributed by atoms with Crippen LogP contribution >= 0.6 is 68.0 Å². The molecular formula is C116H66N4S6. The number of nitrogens with zero attached hydrogens (tertiary/aromatic N) is 4. The molecule has 0 radical (unpaired) electrons. The first-order valence-electron chi connectivity index (χ1n) is 42.3. The Morgan fingerprint density at radius 2 is 0.381 bits per heavy atom. The Labute approximate surface area is 748 Å². The van der Waals surface area contributed by atoms with E-state index >= 15 is 0 Å². The van der Waals surface area contributed by atoms with Crippen LogP contribution in [0.25, 0.3) is 267 Å². The molecule has 4 nitrogen and oxygen atoms in total. The van der Waals surface area contributed by atoms with Gasteiger partial charge >= 0.3 is 0 Å². The number of thiophene rings is 6. The van der Waals surface area contributed by atoms with Crippen LogP contribution in [0.3, 0.4) is 0 Å². The number of aromatic nitrogens is 4. The molecule has 18 aromatic carbocycles. The Morgan fingerprint density at radius 3 is 0.770 bits per heavy atom. The van der Waals surface area contributed by atoms with Gasteiger partial charge in [0.2, 0.25) is 0 Å². The van der Waals surface area contributed by atoms with Crippen LogP contribution in [0, 0.1) is 0 Å². The maximum Gasteiger partial charge on any atom is 0.160 e. The van der Waals surface area contributed by atoms with Crippen LogP contribution in [-0.2, 0) is 0 Å². The van der Waals surface area contributed by atoms with E-state index in [1.54, 1.807) is 0 Å². The summed E-state index contributed by atoms with van der Waals surface area (Å²) < 4.78 is 15.5. The summed E-state index contributed by atoms with van der Waals surface area (Å²) in [6, 6.07) is 147. The van der Waals surface area contributed by atoms with Crippen LogP contribution in [0.5, 0.6) is 0 Å². The molecular weight excluding hydrogens is 1640 g/mol. The van der Waals surface area contributed by atoms with Crippen molar-refractivity contribution >= 4 is 189 Å². The first-order valence-corrected chi connectivity index (χ1v) is 47.2. The third-order valence-electron chi connectivity index (χ3n) is 25.2. The minimum atomic E-state index is 0.674. The average molecular weight is 1710 g/mol. The van der Waals surface area contributed by atoms with E-state index in [1.165, 1.54) is 166 Å². The van der Waals surface area contributed by atoms with Crippen LogP contribution in [-0.4, -0.2) is 19.9 Å². The van der Waals surface area contributed by atoms with E-state index in [1.807, 2.05) is 68.0 Å². The number of fused-ring (bicyclic) bond motifs is 18. The van der Waals surface area contributed by atoms with Crippen molar-refractivity contribution in [3.05, 3.63) is 400 Å². The quantitative estimate of drug-likeness (QED) is 0.115. The van der Waals surface area contributed by atoms with Gasteiger partial charge in [-0.2, -0.15) is 0 Å². The topological polar surface area (TPSA) is 51.6 Å². The standard InChI is InChI=1S/C116H66N4S6/c1-8-24-105-86(13-1)92-20-11-18-84(112(92)124-105)70-33-43-75(44-34-70)101-66-102(120-116(119-101)78-49-37-71(38-50-78)85-19-12-21-93-87-14-2-9-25-106(87)125-113(85)93)76-45-35-72(36-46-76)94-62-83(63-98-90-17-5-10-26-107(90)126-114(94)98)82-51-55-91-97-61-81(54-58-110(97)123-111(91)64-82)69-31-47-77(48-32-69)115-117-99(73-39-27-67(28-40-73)79-52-56-108-95(59-79)88-15-3-6-22-103(88)121-108)65-100(118-115)74-41-29-68(30-42-74)80-53-57-109-96(60-80)89-16-4-7-23-104(89)122-109/h1-66H. The first kappa shape index (κ1) is 73.0. The summed E-state index contributed by atoms with van der Waals surface area (Å²) in [4.78, 5) is 21.6. The molecule has 8 aromatic heterocycles.